The number of hydrogen-bond donors (Lipinski definition) is 2. The maximum atomic E-state index is 11.8. The van der Waals surface area contributed by atoms with Crippen LogP contribution in [0.15, 0.2) is 0 Å². The number of urea groups is 1. The Morgan fingerprint density at radius 2 is 2.13 bits per heavy atom. The van der Waals surface area contributed by atoms with Crippen molar-refractivity contribution in [3.63, 3.8) is 0 Å². The normalized spacial score (nSPS) is 26.5. The molecular weight excluding hydrogens is 190 g/mol. The molecule has 1 aliphatic heterocycles. The van der Waals surface area contributed by atoms with Gasteiger partial charge in [0.25, 0.3) is 0 Å². The fraction of sp³-hybridized carbons (Fsp3) is 0.909. The highest BCUT2D eigenvalue weighted by atomic mass is 16.2. The first-order chi connectivity index (χ1) is 7.31. The van der Waals surface area contributed by atoms with Gasteiger partial charge < -0.3 is 16.0 Å². The topological polar surface area (TPSA) is 58.4 Å². The summed E-state index contributed by atoms with van der Waals surface area (Å²) in [6, 6.07) is 0.362. The Labute approximate surface area is 91.2 Å². The van der Waals surface area contributed by atoms with Gasteiger partial charge in [0.2, 0.25) is 0 Å². The number of amides is 2. The third-order valence-corrected chi connectivity index (χ3v) is 3.68. The maximum absolute atomic E-state index is 11.8. The van der Waals surface area contributed by atoms with Gasteiger partial charge in [-0.25, -0.2) is 4.79 Å². The molecule has 2 amide bonds. The molecule has 0 aromatic rings. The van der Waals surface area contributed by atoms with E-state index in [4.69, 9.17) is 5.73 Å². The minimum atomic E-state index is 0.0925. The van der Waals surface area contributed by atoms with Crippen LogP contribution in [0.2, 0.25) is 0 Å². The molecule has 1 aliphatic carbocycles. The van der Waals surface area contributed by atoms with Crippen LogP contribution in [-0.2, 0) is 0 Å². The van der Waals surface area contributed by atoms with Gasteiger partial charge in [-0.05, 0) is 31.6 Å². The molecule has 1 saturated heterocycles. The molecule has 1 atom stereocenters. The van der Waals surface area contributed by atoms with Gasteiger partial charge in [0, 0.05) is 25.7 Å². The molecule has 0 aromatic carbocycles. The van der Waals surface area contributed by atoms with E-state index in [2.05, 4.69) is 5.32 Å². The summed E-state index contributed by atoms with van der Waals surface area (Å²) >= 11 is 0. The van der Waals surface area contributed by atoms with Crippen LogP contribution in [0.5, 0.6) is 0 Å². The quantitative estimate of drug-likeness (QED) is 0.729. The molecule has 4 heteroatoms. The average molecular weight is 211 g/mol. The van der Waals surface area contributed by atoms with Gasteiger partial charge in [-0.2, -0.15) is 0 Å². The van der Waals surface area contributed by atoms with E-state index in [-0.39, 0.29) is 12.1 Å². The number of carbonyl (C=O) groups excluding carboxylic acids is 1. The minimum Gasteiger partial charge on any atom is -0.338 e. The van der Waals surface area contributed by atoms with Crippen LogP contribution in [0.25, 0.3) is 0 Å². The van der Waals surface area contributed by atoms with Crippen LogP contribution in [0.3, 0.4) is 0 Å². The van der Waals surface area contributed by atoms with Crippen LogP contribution in [-0.4, -0.2) is 36.6 Å². The molecule has 1 heterocycles. The van der Waals surface area contributed by atoms with E-state index in [0.29, 0.717) is 6.54 Å². The van der Waals surface area contributed by atoms with Gasteiger partial charge in [0.05, 0.1) is 0 Å². The zero-order valence-electron chi connectivity index (χ0n) is 9.24. The fourth-order valence-corrected chi connectivity index (χ4v) is 2.38. The summed E-state index contributed by atoms with van der Waals surface area (Å²) in [5.41, 5.74) is 5.63. The van der Waals surface area contributed by atoms with Crippen molar-refractivity contribution in [2.45, 2.75) is 38.1 Å². The maximum Gasteiger partial charge on any atom is 0.317 e. The second-order valence-corrected chi connectivity index (χ2v) is 4.71. The highest BCUT2D eigenvalue weighted by Crippen LogP contribution is 2.25. The van der Waals surface area contributed by atoms with Crippen LogP contribution in [0.1, 0.15) is 32.1 Å². The molecule has 3 N–H and O–H groups in total. The first-order valence-corrected chi connectivity index (χ1v) is 6.06. The second kappa shape index (κ2) is 4.84. The second-order valence-electron chi connectivity index (χ2n) is 4.71. The molecular formula is C11H21N3O. The molecule has 0 radical (unpaired) electrons. The highest BCUT2D eigenvalue weighted by Gasteiger charge is 2.28. The summed E-state index contributed by atoms with van der Waals surface area (Å²) in [4.78, 5) is 13.7. The molecule has 2 aliphatic rings. The van der Waals surface area contributed by atoms with Crippen molar-refractivity contribution in [3.8, 4) is 0 Å². The van der Waals surface area contributed by atoms with Crippen molar-refractivity contribution in [3.05, 3.63) is 0 Å². The zero-order chi connectivity index (χ0) is 10.7. The first kappa shape index (κ1) is 10.7. The summed E-state index contributed by atoms with van der Waals surface area (Å²) in [6.07, 6.45) is 6.04. The number of hydrogen-bond acceptors (Lipinski definition) is 2. The van der Waals surface area contributed by atoms with Crippen molar-refractivity contribution in [2.24, 2.45) is 11.7 Å². The standard InChI is InChI=1S/C11H21N3O/c12-7-10-5-2-6-14(10)11(15)13-8-9-3-1-4-9/h9-10H,1-8,12H2,(H,13,15). The molecule has 0 aromatic heterocycles. The van der Waals surface area contributed by atoms with Gasteiger partial charge in [0.1, 0.15) is 0 Å². The summed E-state index contributed by atoms with van der Waals surface area (Å²) in [5, 5.41) is 3.02. The Balaban J connectivity index is 1.73. The molecule has 15 heavy (non-hydrogen) atoms. The van der Waals surface area contributed by atoms with Crippen LogP contribution >= 0.6 is 0 Å². The molecule has 0 bridgehead atoms. The van der Waals surface area contributed by atoms with Crippen molar-refractivity contribution < 1.29 is 4.79 Å². The van der Waals surface area contributed by atoms with Gasteiger partial charge in [-0.1, -0.05) is 6.42 Å². The molecule has 2 fully saturated rings. The van der Waals surface area contributed by atoms with Crippen molar-refractivity contribution in [2.75, 3.05) is 19.6 Å². The molecule has 1 saturated carbocycles. The lowest BCUT2D eigenvalue weighted by atomic mass is 9.85. The van der Waals surface area contributed by atoms with Gasteiger partial charge >= 0.3 is 6.03 Å². The Morgan fingerprint density at radius 1 is 1.33 bits per heavy atom. The van der Waals surface area contributed by atoms with Crippen molar-refractivity contribution >= 4 is 6.03 Å². The Morgan fingerprint density at radius 3 is 2.73 bits per heavy atom. The van der Waals surface area contributed by atoms with Crippen LogP contribution < -0.4 is 11.1 Å². The molecule has 4 nitrogen and oxygen atoms in total. The molecule has 2 rings (SSSR count). The van der Waals surface area contributed by atoms with Gasteiger partial charge in [-0.15, -0.1) is 0 Å². The number of nitrogens with zero attached hydrogens (tertiary/aromatic N) is 1. The van der Waals surface area contributed by atoms with Crippen LogP contribution in [0.4, 0.5) is 4.79 Å². The molecule has 1 unspecified atom stereocenters. The lowest BCUT2D eigenvalue weighted by molar-refractivity contribution is 0.188. The van der Waals surface area contributed by atoms with E-state index in [9.17, 15) is 4.79 Å². The Hall–Kier alpha value is -0.770. The third kappa shape index (κ3) is 2.43. The van der Waals surface area contributed by atoms with E-state index in [1.165, 1.54) is 19.3 Å². The molecule has 86 valence electrons. The van der Waals surface area contributed by atoms with E-state index >= 15 is 0 Å². The minimum absolute atomic E-state index is 0.0925. The predicted octanol–water partition coefficient (Wildman–Crippen LogP) is 0.919. The predicted molar refractivity (Wildman–Crippen MR) is 59.5 cm³/mol. The lowest BCUT2D eigenvalue weighted by Crippen LogP contribution is -2.47. The van der Waals surface area contributed by atoms with E-state index in [1.54, 1.807) is 0 Å². The number of likely N-dealkylation sites (tertiary alicyclic amines) is 1. The van der Waals surface area contributed by atoms with Crippen LogP contribution in [0, 0.1) is 5.92 Å². The Kier molecular flexibility index (Phi) is 3.46. The number of carbonyl (C=O) groups is 1. The van der Waals surface area contributed by atoms with Crippen molar-refractivity contribution in [1.82, 2.24) is 10.2 Å². The number of rotatable bonds is 3. The highest BCUT2D eigenvalue weighted by molar-refractivity contribution is 5.74. The summed E-state index contributed by atoms with van der Waals surface area (Å²) in [6.45, 7) is 2.32. The molecule has 0 spiro atoms. The zero-order valence-corrected chi connectivity index (χ0v) is 9.24. The van der Waals surface area contributed by atoms with E-state index in [1.807, 2.05) is 4.90 Å². The summed E-state index contributed by atoms with van der Waals surface area (Å²) in [7, 11) is 0. The smallest absolute Gasteiger partial charge is 0.317 e. The van der Waals surface area contributed by atoms with E-state index < -0.39 is 0 Å². The van der Waals surface area contributed by atoms with Gasteiger partial charge in [0.15, 0.2) is 0 Å². The SMILES string of the molecule is NCC1CCCN1C(=O)NCC1CCC1. The summed E-state index contributed by atoms with van der Waals surface area (Å²) in [5.74, 6) is 0.730. The largest absolute Gasteiger partial charge is 0.338 e. The first-order valence-electron chi connectivity index (χ1n) is 6.06. The lowest BCUT2D eigenvalue weighted by Gasteiger charge is -2.28. The number of nitrogens with two attached hydrogens (primary N) is 1. The van der Waals surface area contributed by atoms with E-state index in [0.717, 1.165) is 31.8 Å². The number of nitrogens with one attached hydrogen (secondary N) is 1. The third-order valence-electron chi connectivity index (χ3n) is 3.68. The summed E-state index contributed by atoms with van der Waals surface area (Å²) < 4.78 is 0. The van der Waals surface area contributed by atoms with Gasteiger partial charge in [-0.3, -0.25) is 0 Å². The fourth-order valence-electron chi connectivity index (χ4n) is 2.38. The Bertz CT molecular complexity index is 228. The monoisotopic (exact) mass is 211 g/mol. The van der Waals surface area contributed by atoms with Crippen molar-refractivity contribution in [1.29, 1.82) is 0 Å². The average Bonchev–Trinajstić information content (AvgIpc) is 2.62.